The van der Waals surface area contributed by atoms with Gasteiger partial charge < -0.3 is 15.4 Å². The minimum atomic E-state index is -1.09. The first kappa shape index (κ1) is 13.7. The Bertz CT molecular complexity index is 708. The lowest BCUT2D eigenvalue weighted by molar-refractivity contribution is -0.118. The van der Waals surface area contributed by atoms with Crippen LogP contribution in [0.15, 0.2) is 6.33 Å². The number of aryl methyl sites for hydroxylation is 1. The summed E-state index contributed by atoms with van der Waals surface area (Å²) in [5.74, 6) is -1.38. The first-order valence-corrected chi connectivity index (χ1v) is 7.08. The van der Waals surface area contributed by atoms with Crippen molar-refractivity contribution in [1.29, 1.82) is 0 Å². The van der Waals surface area contributed by atoms with E-state index in [9.17, 15) is 9.59 Å². The predicted molar refractivity (Wildman–Crippen MR) is 75.4 cm³/mol. The predicted octanol–water partition coefficient (Wildman–Crippen LogP) is 0.526. The molecule has 4 N–H and O–H groups in total. The molecule has 9 heteroatoms. The van der Waals surface area contributed by atoms with E-state index in [1.807, 2.05) is 0 Å². The number of aromatic amines is 1. The van der Waals surface area contributed by atoms with E-state index in [4.69, 9.17) is 5.11 Å². The minimum Gasteiger partial charge on any atom is -0.478 e. The van der Waals surface area contributed by atoms with Crippen LogP contribution in [0.3, 0.4) is 0 Å². The second-order valence-corrected chi connectivity index (χ2v) is 5.51. The molecule has 0 aromatic carbocycles. The van der Waals surface area contributed by atoms with Gasteiger partial charge in [0.15, 0.2) is 0 Å². The first-order valence-electron chi connectivity index (χ1n) is 6.31. The molecule has 1 aliphatic rings. The van der Waals surface area contributed by atoms with Crippen molar-refractivity contribution in [1.82, 2.24) is 19.7 Å². The number of rotatable bonds is 3. The molecule has 8 nitrogen and oxygen atoms in total. The maximum absolute atomic E-state index is 12.3. The molecular weight excluding hydrogens is 294 g/mol. The zero-order valence-electron chi connectivity index (χ0n) is 11.1. The zero-order valence-corrected chi connectivity index (χ0v) is 12.0. The maximum Gasteiger partial charge on any atom is 0.340 e. The lowest BCUT2D eigenvalue weighted by atomic mass is 10.0. The van der Waals surface area contributed by atoms with Crippen LogP contribution in [0.5, 0.6) is 0 Å². The number of nitrogens with zero attached hydrogens (tertiary/aromatic N) is 2. The second kappa shape index (κ2) is 5.26. The van der Waals surface area contributed by atoms with E-state index in [1.54, 1.807) is 13.3 Å². The first-order chi connectivity index (χ1) is 10.1. The number of imidazole rings is 1. The highest BCUT2D eigenvalue weighted by atomic mass is 32.1. The summed E-state index contributed by atoms with van der Waals surface area (Å²) in [6.45, 7) is 2.13. The Kier molecular flexibility index (Phi) is 3.43. The monoisotopic (exact) mass is 307 g/mol. The van der Waals surface area contributed by atoms with Gasteiger partial charge in [-0.15, -0.1) is 0 Å². The Hall–Kier alpha value is -2.26. The van der Waals surface area contributed by atoms with Crippen LogP contribution in [0, 0.1) is 6.92 Å². The lowest BCUT2D eigenvalue weighted by Crippen LogP contribution is -2.44. The summed E-state index contributed by atoms with van der Waals surface area (Å²) in [4.78, 5) is 30.6. The number of aromatic nitrogens is 3. The molecule has 2 aromatic heterocycles. The summed E-state index contributed by atoms with van der Waals surface area (Å²) in [7, 11) is 0. The molecule has 1 atom stereocenters. The van der Waals surface area contributed by atoms with Gasteiger partial charge in [0.25, 0.3) is 0 Å². The van der Waals surface area contributed by atoms with Gasteiger partial charge in [-0.25, -0.2) is 9.78 Å². The molecule has 0 bridgehead atoms. The van der Waals surface area contributed by atoms with E-state index in [0.29, 0.717) is 18.7 Å². The van der Waals surface area contributed by atoms with Crippen LogP contribution in [0.2, 0.25) is 0 Å². The molecule has 0 aliphatic carbocycles. The Morgan fingerprint density at radius 2 is 2.33 bits per heavy atom. The van der Waals surface area contributed by atoms with Crippen LogP contribution in [0.25, 0.3) is 0 Å². The van der Waals surface area contributed by atoms with Crippen molar-refractivity contribution in [2.75, 3.05) is 5.32 Å². The van der Waals surface area contributed by atoms with Crippen molar-refractivity contribution in [3.63, 3.8) is 0 Å². The third-order valence-electron chi connectivity index (χ3n) is 3.36. The van der Waals surface area contributed by atoms with Crippen LogP contribution in [-0.4, -0.2) is 37.4 Å². The number of H-pyrrole nitrogens is 1. The van der Waals surface area contributed by atoms with E-state index in [-0.39, 0.29) is 16.5 Å². The molecule has 1 aliphatic heterocycles. The number of fused-ring (bicyclic) bond motifs is 1. The molecule has 0 saturated heterocycles. The van der Waals surface area contributed by atoms with Crippen LogP contribution in [0.4, 0.5) is 5.00 Å². The number of amides is 1. The molecule has 3 rings (SSSR count). The molecule has 1 amide bonds. The second-order valence-electron chi connectivity index (χ2n) is 4.73. The molecule has 0 saturated carbocycles. The third-order valence-corrected chi connectivity index (χ3v) is 4.21. The fourth-order valence-corrected chi connectivity index (χ4v) is 3.05. The van der Waals surface area contributed by atoms with Crippen LogP contribution >= 0.6 is 11.5 Å². The highest BCUT2D eigenvalue weighted by Gasteiger charge is 2.27. The van der Waals surface area contributed by atoms with Crippen molar-refractivity contribution < 1.29 is 14.7 Å². The number of carboxylic acids is 1. The molecule has 3 heterocycles. The van der Waals surface area contributed by atoms with Crippen molar-refractivity contribution in [2.24, 2.45) is 0 Å². The number of anilines is 1. The summed E-state index contributed by atoms with van der Waals surface area (Å²) < 4.78 is 3.97. The molecule has 110 valence electrons. The summed E-state index contributed by atoms with van der Waals surface area (Å²) >= 11 is 0.972. The third kappa shape index (κ3) is 2.52. The maximum atomic E-state index is 12.3. The number of hydrogen-bond donors (Lipinski definition) is 4. The van der Waals surface area contributed by atoms with E-state index in [2.05, 4.69) is 25.0 Å². The van der Waals surface area contributed by atoms with Gasteiger partial charge in [0.1, 0.15) is 10.6 Å². The van der Waals surface area contributed by atoms with Crippen molar-refractivity contribution in [3.05, 3.63) is 29.0 Å². The Balaban J connectivity index is 1.75. The Labute approximate surface area is 123 Å². The van der Waals surface area contributed by atoms with Gasteiger partial charge >= 0.3 is 5.97 Å². The van der Waals surface area contributed by atoms with Gasteiger partial charge in [-0.2, -0.15) is 4.37 Å². The summed E-state index contributed by atoms with van der Waals surface area (Å²) in [6.07, 6.45) is 2.06. The largest absolute Gasteiger partial charge is 0.478 e. The highest BCUT2D eigenvalue weighted by Crippen LogP contribution is 2.25. The molecule has 0 spiro atoms. The molecule has 21 heavy (non-hydrogen) atoms. The molecule has 2 aromatic rings. The summed E-state index contributed by atoms with van der Waals surface area (Å²) in [5, 5.41) is 15.1. The fraction of sp³-hybridized carbons (Fsp3) is 0.333. The van der Waals surface area contributed by atoms with Gasteiger partial charge in [-0.1, -0.05) is 0 Å². The van der Waals surface area contributed by atoms with Gasteiger partial charge in [-0.3, -0.25) is 10.1 Å². The van der Waals surface area contributed by atoms with Gasteiger partial charge in [0, 0.05) is 13.0 Å². The minimum absolute atomic E-state index is 0.0459. The number of aromatic carboxylic acids is 1. The average molecular weight is 307 g/mol. The van der Waals surface area contributed by atoms with Gasteiger partial charge in [0.05, 0.1) is 29.5 Å². The average Bonchev–Trinajstić information content (AvgIpc) is 3.04. The van der Waals surface area contributed by atoms with Crippen LogP contribution in [-0.2, 0) is 17.8 Å². The SMILES string of the molecule is Cc1nsc(NC(=O)C2Cc3nc[nH]c3CN2)c1C(=O)O. The highest BCUT2D eigenvalue weighted by molar-refractivity contribution is 7.11. The van der Waals surface area contributed by atoms with E-state index < -0.39 is 12.0 Å². The summed E-state index contributed by atoms with van der Waals surface area (Å²) in [6, 6.07) is -0.440. The topological polar surface area (TPSA) is 120 Å². The van der Waals surface area contributed by atoms with Crippen LogP contribution in [0.1, 0.15) is 27.4 Å². The quantitative estimate of drug-likeness (QED) is 0.656. The van der Waals surface area contributed by atoms with Crippen molar-refractivity contribution >= 4 is 28.4 Å². The number of carbonyl (C=O) groups is 2. The smallest absolute Gasteiger partial charge is 0.340 e. The lowest BCUT2D eigenvalue weighted by Gasteiger charge is -2.21. The van der Waals surface area contributed by atoms with E-state index >= 15 is 0 Å². The van der Waals surface area contributed by atoms with Crippen LogP contribution < -0.4 is 10.6 Å². The standard InChI is InChI=1S/C12H13N5O3S/c1-5-9(12(19)20)11(21-17-5)16-10(18)7-2-6-8(3-13-7)15-4-14-6/h4,7,13H,2-3H2,1H3,(H,14,15)(H,16,18)(H,19,20). The molecule has 0 radical (unpaired) electrons. The Morgan fingerprint density at radius 1 is 1.52 bits per heavy atom. The van der Waals surface area contributed by atoms with E-state index in [0.717, 1.165) is 22.9 Å². The van der Waals surface area contributed by atoms with E-state index in [1.165, 1.54) is 0 Å². The number of carbonyl (C=O) groups excluding carboxylic acids is 1. The normalized spacial score (nSPS) is 17.3. The number of hydrogen-bond acceptors (Lipinski definition) is 6. The summed E-state index contributed by atoms with van der Waals surface area (Å²) in [5.41, 5.74) is 2.27. The number of carboxylic acid groups (broad SMARTS) is 1. The fourth-order valence-electron chi connectivity index (χ4n) is 2.26. The molecule has 0 fully saturated rings. The Morgan fingerprint density at radius 3 is 3.10 bits per heavy atom. The van der Waals surface area contributed by atoms with Gasteiger partial charge in [-0.05, 0) is 18.5 Å². The van der Waals surface area contributed by atoms with Crippen molar-refractivity contribution in [2.45, 2.75) is 25.9 Å². The molecule has 1 unspecified atom stereocenters. The molecular formula is C12H13N5O3S. The van der Waals surface area contributed by atoms with Gasteiger partial charge in [0.2, 0.25) is 5.91 Å². The van der Waals surface area contributed by atoms with Crippen molar-refractivity contribution in [3.8, 4) is 0 Å². The number of nitrogens with one attached hydrogen (secondary N) is 3. The zero-order chi connectivity index (χ0) is 15.0.